The van der Waals surface area contributed by atoms with Gasteiger partial charge in [0.1, 0.15) is 17.9 Å². The molecule has 40 heavy (non-hydrogen) atoms. The number of rotatable bonds is 9. The minimum absolute atomic E-state index is 0.0568. The zero-order valence-electron chi connectivity index (χ0n) is 23.4. The molecule has 0 radical (unpaired) electrons. The van der Waals surface area contributed by atoms with E-state index in [9.17, 15) is 28.8 Å². The zero-order valence-corrected chi connectivity index (χ0v) is 23.4. The van der Waals surface area contributed by atoms with Gasteiger partial charge >= 0.3 is 6.09 Å². The number of nitrogens with one attached hydrogen (secondary N) is 1. The van der Waals surface area contributed by atoms with E-state index < -0.39 is 35.3 Å². The summed E-state index contributed by atoms with van der Waals surface area (Å²) in [5.74, 6) is -1.79. The molecule has 216 valence electrons. The molecule has 2 saturated heterocycles. The van der Waals surface area contributed by atoms with Gasteiger partial charge in [0.25, 0.3) is 11.8 Å². The second-order valence-electron chi connectivity index (χ2n) is 11.6. The lowest BCUT2D eigenvalue weighted by atomic mass is 9.93. The standard InChI is InChI=1S/C29H38N4O7/c1-29(2,3)40-28(39)32-16-12-19(13-17-32)11-15-31(14-4-5-18-34)21-8-6-7-20-24(21)27(38)33(26(20)37)22-9-10-23(35)30-25(22)36/h6-8,18-19,22H,4-5,9-17H2,1-3H3,(H,30,35,36). The molecule has 0 spiro atoms. The normalized spacial score (nSPS) is 19.9. The number of anilines is 1. The van der Waals surface area contributed by atoms with Crippen molar-refractivity contribution >= 4 is 41.7 Å². The Balaban J connectivity index is 1.47. The summed E-state index contributed by atoms with van der Waals surface area (Å²) < 4.78 is 5.49. The van der Waals surface area contributed by atoms with Crippen LogP contribution in [0.2, 0.25) is 0 Å². The zero-order chi connectivity index (χ0) is 29.0. The van der Waals surface area contributed by atoms with Crippen molar-refractivity contribution in [2.75, 3.05) is 31.1 Å². The number of fused-ring (bicyclic) bond motifs is 1. The Kier molecular flexibility index (Phi) is 8.90. The molecule has 0 bridgehead atoms. The lowest BCUT2D eigenvalue weighted by molar-refractivity contribution is -0.136. The van der Waals surface area contributed by atoms with Crippen LogP contribution in [0.4, 0.5) is 10.5 Å². The van der Waals surface area contributed by atoms with Crippen molar-refractivity contribution in [2.45, 2.75) is 77.4 Å². The van der Waals surface area contributed by atoms with Crippen LogP contribution in [0.1, 0.15) is 86.4 Å². The van der Waals surface area contributed by atoms with Gasteiger partial charge in [0.05, 0.1) is 16.8 Å². The smallest absolute Gasteiger partial charge is 0.410 e. The van der Waals surface area contributed by atoms with Crippen molar-refractivity contribution < 1.29 is 33.5 Å². The Hall–Kier alpha value is -3.76. The molecule has 0 saturated carbocycles. The maximum Gasteiger partial charge on any atom is 0.410 e. The lowest BCUT2D eigenvalue weighted by Crippen LogP contribution is -2.54. The summed E-state index contributed by atoms with van der Waals surface area (Å²) in [6.07, 6.45) is 4.14. The largest absolute Gasteiger partial charge is 0.444 e. The van der Waals surface area contributed by atoms with E-state index >= 15 is 0 Å². The summed E-state index contributed by atoms with van der Waals surface area (Å²) >= 11 is 0. The Morgan fingerprint density at radius 1 is 1.07 bits per heavy atom. The molecular weight excluding hydrogens is 516 g/mol. The van der Waals surface area contributed by atoms with E-state index in [1.165, 1.54) is 0 Å². The van der Waals surface area contributed by atoms with Crippen molar-refractivity contribution in [1.82, 2.24) is 15.1 Å². The molecule has 0 aromatic heterocycles. The predicted octanol–water partition coefficient (Wildman–Crippen LogP) is 2.91. The molecule has 3 aliphatic heterocycles. The van der Waals surface area contributed by atoms with Crippen LogP contribution in [-0.2, 0) is 19.1 Å². The number of nitrogens with zero attached hydrogens (tertiary/aromatic N) is 3. The summed E-state index contributed by atoms with van der Waals surface area (Å²) in [4.78, 5) is 79.2. The number of likely N-dealkylation sites (tertiary alicyclic amines) is 1. The Morgan fingerprint density at radius 2 is 1.80 bits per heavy atom. The molecule has 1 unspecified atom stereocenters. The molecule has 1 aromatic rings. The highest BCUT2D eigenvalue weighted by molar-refractivity contribution is 6.25. The van der Waals surface area contributed by atoms with Crippen molar-refractivity contribution in [3.8, 4) is 0 Å². The maximum absolute atomic E-state index is 13.6. The topological polar surface area (TPSA) is 133 Å². The van der Waals surface area contributed by atoms with E-state index in [0.717, 1.165) is 30.4 Å². The summed E-state index contributed by atoms with van der Waals surface area (Å²) in [5.41, 5.74) is 0.544. The monoisotopic (exact) mass is 554 g/mol. The van der Waals surface area contributed by atoms with Gasteiger partial charge in [-0.2, -0.15) is 0 Å². The number of unbranched alkanes of at least 4 members (excludes halogenated alkanes) is 1. The van der Waals surface area contributed by atoms with Gasteiger partial charge in [0.2, 0.25) is 11.8 Å². The van der Waals surface area contributed by atoms with Crippen molar-refractivity contribution in [2.24, 2.45) is 5.92 Å². The number of ether oxygens (including phenoxy) is 1. The number of piperidine rings is 2. The lowest BCUT2D eigenvalue weighted by Gasteiger charge is -2.35. The first kappa shape index (κ1) is 29.2. The third kappa shape index (κ3) is 6.51. The first-order chi connectivity index (χ1) is 19.0. The molecule has 1 atom stereocenters. The molecule has 2 fully saturated rings. The summed E-state index contributed by atoms with van der Waals surface area (Å²) in [7, 11) is 0. The molecular formula is C29H38N4O7. The molecule has 3 aliphatic rings. The van der Waals surface area contributed by atoms with Crippen LogP contribution in [0.25, 0.3) is 0 Å². The number of carbonyl (C=O) groups excluding carboxylic acids is 6. The first-order valence-corrected chi connectivity index (χ1v) is 14.0. The molecule has 0 aliphatic carbocycles. The predicted molar refractivity (Wildman–Crippen MR) is 146 cm³/mol. The average molecular weight is 555 g/mol. The van der Waals surface area contributed by atoms with Gasteiger partial charge in [0.15, 0.2) is 0 Å². The second-order valence-corrected chi connectivity index (χ2v) is 11.6. The van der Waals surface area contributed by atoms with Crippen LogP contribution in [0.5, 0.6) is 0 Å². The van der Waals surface area contributed by atoms with Crippen LogP contribution in [0, 0.1) is 5.92 Å². The number of carbonyl (C=O) groups is 6. The summed E-state index contributed by atoms with van der Waals surface area (Å²) in [6, 6.07) is 4.07. The van der Waals surface area contributed by atoms with E-state index in [-0.39, 0.29) is 30.1 Å². The van der Waals surface area contributed by atoms with Gasteiger partial charge in [-0.25, -0.2) is 4.79 Å². The van der Waals surface area contributed by atoms with E-state index in [4.69, 9.17) is 4.74 Å². The molecule has 3 heterocycles. The molecule has 11 heteroatoms. The highest BCUT2D eigenvalue weighted by Gasteiger charge is 2.46. The van der Waals surface area contributed by atoms with Crippen LogP contribution in [0.15, 0.2) is 18.2 Å². The third-order valence-corrected chi connectivity index (χ3v) is 7.61. The molecule has 11 nitrogen and oxygen atoms in total. The van der Waals surface area contributed by atoms with Gasteiger partial charge in [-0.1, -0.05) is 6.07 Å². The van der Waals surface area contributed by atoms with Crippen molar-refractivity contribution in [1.29, 1.82) is 0 Å². The van der Waals surface area contributed by atoms with Gasteiger partial charge < -0.3 is 19.3 Å². The summed E-state index contributed by atoms with van der Waals surface area (Å²) in [5, 5.41) is 2.22. The quantitative estimate of drug-likeness (QED) is 0.280. The molecule has 1 N–H and O–H groups in total. The second kappa shape index (κ2) is 12.2. The number of imide groups is 2. The fraction of sp³-hybridized carbons (Fsp3) is 0.586. The number of amides is 5. The number of hydrogen-bond donors (Lipinski definition) is 1. The van der Waals surface area contributed by atoms with E-state index in [1.54, 1.807) is 23.1 Å². The third-order valence-electron chi connectivity index (χ3n) is 7.61. The van der Waals surface area contributed by atoms with Crippen molar-refractivity contribution in [3.63, 3.8) is 0 Å². The fourth-order valence-electron chi connectivity index (χ4n) is 5.55. The number of hydrogen-bond acceptors (Lipinski definition) is 8. The average Bonchev–Trinajstić information content (AvgIpc) is 3.15. The highest BCUT2D eigenvalue weighted by atomic mass is 16.6. The van der Waals surface area contributed by atoms with Gasteiger partial charge in [-0.3, -0.25) is 29.4 Å². The van der Waals surface area contributed by atoms with Gasteiger partial charge in [-0.15, -0.1) is 0 Å². The van der Waals surface area contributed by atoms with E-state index in [1.807, 2.05) is 25.7 Å². The fourth-order valence-corrected chi connectivity index (χ4v) is 5.55. The van der Waals surface area contributed by atoms with Crippen LogP contribution in [0.3, 0.4) is 0 Å². The summed E-state index contributed by atoms with van der Waals surface area (Å²) in [6.45, 7) is 7.88. The minimum atomic E-state index is -1.03. The van der Waals surface area contributed by atoms with Crippen molar-refractivity contribution in [3.05, 3.63) is 29.3 Å². The number of aldehydes is 1. The van der Waals surface area contributed by atoms with Crippen LogP contribution in [-0.4, -0.2) is 83.6 Å². The number of benzene rings is 1. The van der Waals surface area contributed by atoms with Crippen LogP contribution >= 0.6 is 0 Å². The van der Waals surface area contributed by atoms with E-state index in [2.05, 4.69) is 5.32 Å². The van der Waals surface area contributed by atoms with Gasteiger partial charge in [-0.05, 0) is 70.9 Å². The Morgan fingerprint density at radius 3 is 2.45 bits per heavy atom. The molecule has 5 amide bonds. The molecule has 1 aromatic carbocycles. The minimum Gasteiger partial charge on any atom is -0.444 e. The van der Waals surface area contributed by atoms with E-state index in [0.29, 0.717) is 50.6 Å². The molecule has 4 rings (SSSR count). The Bertz CT molecular complexity index is 1180. The Labute approximate surface area is 234 Å². The van der Waals surface area contributed by atoms with Gasteiger partial charge in [0, 0.05) is 39.0 Å². The maximum atomic E-state index is 13.6. The van der Waals surface area contributed by atoms with Crippen LogP contribution < -0.4 is 10.2 Å². The highest BCUT2D eigenvalue weighted by Crippen LogP contribution is 2.35. The first-order valence-electron chi connectivity index (χ1n) is 14.0. The SMILES string of the molecule is CC(C)(C)OC(=O)N1CCC(CCN(CCCC=O)c2cccc3c2C(=O)N(C2CCC(=O)NC2=O)C3=O)CC1.